The van der Waals surface area contributed by atoms with Gasteiger partial charge in [-0.1, -0.05) is 0 Å². The first-order chi connectivity index (χ1) is 8.16. The Morgan fingerprint density at radius 1 is 1.47 bits per heavy atom. The average molecular weight is 242 g/mol. The number of hydrogen-bond acceptors (Lipinski definition) is 4. The highest BCUT2D eigenvalue weighted by atomic mass is 16.5. The van der Waals surface area contributed by atoms with Gasteiger partial charge in [0.1, 0.15) is 0 Å². The van der Waals surface area contributed by atoms with Crippen LogP contribution in [0.15, 0.2) is 0 Å². The number of morpholine rings is 1. The molecule has 0 saturated carbocycles. The maximum Gasteiger partial charge on any atom is 0.306 e. The van der Waals surface area contributed by atoms with Gasteiger partial charge in [-0.3, -0.25) is 9.59 Å². The SMILES string of the molecule is O=C(O)CC1CN(C(=O)[C@H]2CCCN2)CCO1. The number of nitrogens with one attached hydrogen (secondary N) is 1. The van der Waals surface area contributed by atoms with Gasteiger partial charge in [-0.05, 0) is 19.4 Å². The maximum absolute atomic E-state index is 12.1. The van der Waals surface area contributed by atoms with E-state index in [2.05, 4.69) is 5.32 Å². The molecule has 2 aliphatic heterocycles. The summed E-state index contributed by atoms with van der Waals surface area (Å²) < 4.78 is 5.34. The summed E-state index contributed by atoms with van der Waals surface area (Å²) in [7, 11) is 0. The average Bonchev–Trinajstić information content (AvgIpc) is 2.81. The number of ether oxygens (including phenoxy) is 1. The summed E-state index contributed by atoms with van der Waals surface area (Å²) in [6.45, 7) is 2.27. The number of hydrogen-bond donors (Lipinski definition) is 2. The molecule has 96 valence electrons. The third-order valence-electron chi connectivity index (χ3n) is 3.21. The predicted octanol–water partition coefficient (Wildman–Crippen LogP) is -0.559. The van der Waals surface area contributed by atoms with Gasteiger partial charge < -0.3 is 20.1 Å². The molecular weight excluding hydrogens is 224 g/mol. The first kappa shape index (κ1) is 12.3. The van der Waals surface area contributed by atoms with Crippen LogP contribution in [0.1, 0.15) is 19.3 Å². The summed E-state index contributed by atoms with van der Waals surface area (Å²) in [5.41, 5.74) is 0. The van der Waals surface area contributed by atoms with Crippen molar-refractivity contribution >= 4 is 11.9 Å². The largest absolute Gasteiger partial charge is 0.481 e. The quantitative estimate of drug-likeness (QED) is 0.693. The zero-order valence-electron chi connectivity index (χ0n) is 9.72. The number of carbonyl (C=O) groups is 2. The fourth-order valence-electron chi connectivity index (χ4n) is 2.35. The van der Waals surface area contributed by atoms with Gasteiger partial charge in [-0.25, -0.2) is 0 Å². The Bertz CT molecular complexity index is 302. The normalized spacial score (nSPS) is 29.3. The molecule has 2 fully saturated rings. The van der Waals surface area contributed by atoms with Crippen molar-refractivity contribution < 1.29 is 19.4 Å². The van der Waals surface area contributed by atoms with Crippen molar-refractivity contribution in [1.82, 2.24) is 10.2 Å². The second-order valence-electron chi connectivity index (χ2n) is 4.52. The van der Waals surface area contributed by atoms with E-state index in [-0.39, 0.29) is 24.5 Å². The van der Waals surface area contributed by atoms with Gasteiger partial charge in [0.15, 0.2) is 0 Å². The second-order valence-corrected chi connectivity index (χ2v) is 4.52. The summed E-state index contributed by atoms with van der Waals surface area (Å²) >= 11 is 0. The van der Waals surface area contributed by atoms with E-state index in [9.17, 15) is 9.59 Å². The topological polar surface area (TPSA) is 78.9 Å². The molecule has 0 radical (unpaired) electrons. The Kier molecular flexibility index (Phi) is 3.96. The molecule has 0 aliphatic carbocycles. The van der Waals surface area contributed by atoms with Crippen LogP contribution in [-0.2, 0) is 14.3 Å². The number of nitrogens with zero attached hydrogens (tertiary/aromatic N) is 1. The molecule has 2 saturated heterocycles. The van der Waals surface area contributed by atoms with E-state index in [0.717, 1.165) is 19.4 Å². The molecule has 2 rings (SSSR count). The zero-order valence-corrected chi connectivity index (χ0v) is 9.72. The van der Waals surface area contributed by atoms with Crippen LogP contribution in [0.3, 0.4) is 0 Å². The molecule has 0 aromatic rings. The van der Waals surface area contributed by atoms with Crippen molar-refractivity contribution in [3.63, 3.8) is 0 Å². The van der Waals surface area contributed by atoms with E-state index < -0.39 is 5.97 Å². The van der Waals surface area contributed by atoms with E-state index in [1.165, 1.54) is 0 Å². The van der Waals surface area contributed by atoms with Gasteiger partial charge >= 0.3 is 5.97 Å². The summed E-state index contributed by atoms with van der Waals surface area (Å²) in [6.07, 6.45) is 1.49. The summed E-state index contributed by atoms with van der Waals surface area (Å²) in [5.74, 6) is -0.801. The highest BCUT2D eigenvalue weighted by Crippen LogP contribution is 2.13. The molecule has 17 heavy (non-hydrogen) atoms. The van der Waals surface area contributed by atoms with Gasteiger partial charge in [0, 0.05) is 13.1 Å². The van der Waals surface area contributed by atoms with Crippen molar-refractivity contribution in [3.8, 4) is 0 Å². The molecule has 0 aromatic carbocycles. The van der Waals surface area contributed by atoms with Crippen LogP contribution in [0.4, 0.5) is 0 Å². The molecule has 0 bridgehead atoms. The van der Waals surface area contributed by atoms with Crippen LogP contribution in [0.2, 0.25) is 0 Å². The maximum atomic E-state index is 12.1. The fraction of sp³-hybridized carbons (Fsp3) is 0.818. The summed E-state index contributed by atoms with van der Waals surface area (Å²) in [5, 5.41) is 11.9. The lowest BCUT2D eigenvalue weighted by Crippen LogP contribution is -2.51. The van der Waals surface area contributed by atoms with E-state index in [1.54, 1.807) is 4.90 Å². The van der Waals surface area contributed by atoms with Crippen molar-refractivity contribution in [2.45, 2.75) is 31.4 Å². The number of amides is 1. The summed E-state index contributed by atoms with van der Waals surface area (Å²) in [6, 6.07) is -0.0846. The highest BCUT2D eigenvalue weighted by molar-refractivity contribution is 5.82. The van der Waals surface area contributed by atoms with Gasteiger partial charge in [0.25, 0.3) is 0 Å². The third kappa shape index (κ3) is 3.17. The Morgan fingerprint density at radius 3 is 2.94 bits per heavy atom. The highest BCUT2D eigenvalue weighted by Gasteiger charge is 2.31. The van der Waals surface area contributed by atoms with E-state index in [0.29, 0.717) is 19.7 Å². The van der Waals surface area contributed by atoms with Crippen LogP contribution in [0, 0.1) is 0 Å². The molecule has 6 nitrogen and oxygen atoms in total. The minimum absolute atomic E-state index is 0.0398. The minimum atomic E-state index is -0.886. The Labute approximate surface area is 99.9 Å². The summed E-state index contributed by atoms with van der Waals surface area (Å²) in [4.78, 5) is 24.4. The van der Waals surface area contributed by atoms with Crippen molar-refractivity contribution in [2.24, 2.45) is 0 Å². The number of carboxylic acids is 1. The van der Waals surface area contributed by atoms with Crippen LogP contribution >= 0.6 is 0 Å². The van der Waals surface area contributed by atoms with Gasteiger partial charge in [-0.2, -0.15) is 0 Å². The lowest BCUT2D eigenvalue weighted by atomic mass is 10.1. The van der Waals surface area contributed by atoms with E-state index >= 15 is 0 Å². The second kappa shape index (κ2) is 5.46. The van der Waals surface area contributed by atoms with E-state index in [1.807, 2.05) is 0 Å². The minimum Gasteiger partial charge on any atom is -0.481 e. The molecule has 2 N–H and O–H groups in total. The van der Waals surface area contributed by atoms with Crippen molar-refractivity contribution in [2.75, 3.05) is 26.2 Å². The Balaban J connectivity index is 1.87. The lowest BCUT2D eigenvalue weighted by molar-refractivity contribution is -0.148. The van der Waals surface area contributed by atoms with E-state index in [4.69, 9.17) is 9.84 Å². The first-order valence-corrected chi connectivity index (χ1v) is 6.02. The molecule has 2 heterocycles. The Hall–Kier alpha value is -1.14. The van der Waals surface area contributed by atoms with Gasteiger partial charge in [-0.15, -0.1) is 0 Å². The predicted molar refractivity (Wildman–Crippen MR) is 59.6 cm³/mol. The molecule has 0 aromatic heterocycles. The van der Waals surface area contributed by atoms with Crippen LogP contribution in [-0.4, -0.2) is 60.3 Å². The third-order valence-corrected chi connectivity index (χ3v) is 3.21. The molecule has 2 aliphatic rings. The molecule has 2 atom stereocenters. The molecular formula is C11H18N2O4. The standard InChI is InChI=1S/C11H18N2O4/c14-10(15)6-8-7-13(4-5-17-8)11(16)9-2-1-3-12-9/h8-9,12H,1-7H2,(H,14,15)/t8?,9-/m1/s1. The molecule has 0 spiro atoms. The van der Waals surface area contributed by atoms with Gasteiger partial charge in [0.05, 0.1) is 25.2 Å². The fourth-order valence-corrected chi connectivity index (χ4v) is 2.35. The van der Waals surface area contributed by atoms with Crippen LogP contribution in [0.25, 0.3) is 0 Å². The van der Waals surface area contributed by atoms with Crippen molar-refractivity contribution in [3.05, 3.63) is 0 Å². The van der Waals surface area contributed by atoms with Crippen LogP contribution < -0.4 is 5.32 Å². The number of aliphatic carboxylic acids is 1. The number of carbonyl (C=O) groups excluding carboxylic acids is 1. The first-order valence-electron chi connectivity index (χ1n) is 6.02. The Morgan fingerprint density at radius 2 is 2.29 bits per heavy atom. The van der Waals surface area contributed by atoms with Gasteiger partial charge in [0.2, 0.25) is 5.91 Å². The monoisotopic (exact) mass is 242 g/mol. The lowest BCUT2D eigenvalue weighted by Gasteiger charge is -2.33. The zero-order chi connectivity index (χ0) is 12.3. The van der Waals surface area contributed by atoms with Crippen LogP contribution in [0.5, 0.6) is 0 Å². The molecule has 1 unspecified atom stereocenters. The smallest absolute Gasteiger partial charge is 0.306 e. The van der Waals surface area contributed by atoms with Crippen molar-refractivity contribution in [1.29, 1.82) is 0 Å². The number of rotatable bonds is 3. The molecule has 6 heteroatoms. The number of carboxylic acid groups (broad SMARTS) is 1. The molecule has 1 amide bonds.